The van der Waals surface area contributed by atoms with Crippen LogP contribution in [0, 0.1) is 5.82 Å². The van der Waals surface area contributed by atoms with Crippen molar-refractivity contribution in [2.45, 2.75) is 19.1 Å². The Kier molecular flexibility index (Phi) is 7.74. The topological polar surface area (TPSA) is 143 Å². The Hall–Kier alpha value is -4.95. The zero-order valence-electron chi connectivity index (χ0n) is 21.4. The summed E-state index contributed by atoms with van der Waals surface area (Å²) in [4.78, 5) is 33.1. The molecule has 2 aromatic carbocycles. The molecule has 0 atom stereocenters. The number of benzene rings is 2. The number of hydrogen-bond donors (Lipinski definition) is 4. The van der Waals surface area contributed by atoms with Crippen LogP contribution in [0.1, 0.15) is 21.6 Å². The minimum Gasteiger partial charge on any atom is -0.494 e. The fourth-order valence-corrected chi connectivity index (χ4v) is 4.10. The number of para-hydroxylation sites is 1. The number of alkyl halides is 3. The molecule has 4 rings (SSSR count). The maximum atomic E-state index is 14.7. The molecule has 0 aliphatic carbocycles. The number of carbonyl (C=O) groups excluding carboxylic acids is 1. The Morgan fingerprint density at radius 3 is 2.45 bits per heavy atom. The first-order valence-corrected chi connectivity index (χ1v) is 11.7. The second-order valence-electron chi connectivity index (χ2n) is 8.41. The van der Waals surface area contributed by atoms with Crippen LogP contribution in [0.5, 0.6) is 5.75 Å². The standard InChI is InChI=1S/C25H23F4N7O4/c1-30-16-7-5-4-6-12(16)11-32-21-18-19(23(37)31-2)35-36(24(38)39)22(18)34-20(33-21)14-9-15(26)17(40-3)8-13(14)10-25(27,28)29/h4-9,30H,10-11H2,1-3H3,(H,31,37)(H,38,39)(H,32,33,34). The number of carbonyl (C=O) groups is 2. The monoisotopic (exact) mass is 561 g/mol. The van der Waals surface area contributed by atoms with E-state index in [-0.39, 0.29) is 29.0 Å². The lowest BCUT2D eigenvalue weighted by atomic mass is 10.0. The van der Waals surface area contributed by atoms with Gasteiger partial charge in [0.25, 0.3) is 5.91 Å². The molecular weight excluding hydrogens is 538 g/mol. The molecule has 0 saturated heterocycles. The van der Waals surface area contributed by atoms with Gasteiger partial charge in [0.05, 0.1) is 18.9 Å². The normalized spacial score (nSPS) is 11.4. The minimum atomic E-state index is -4.69. The van der Waals surface area contributed by atoms with Crippen molar-refractivity contribution in [3.8, 4) is 17.1 Å². The minimum absolute atomic E-state index is 0.0976. The third-order valence-electron chi connectivity index (χ3n) is 5.89. The second kappa shape index (κ2) is 11.0. The fraction of sp³-hybridized carbons (Fsp3) is 0.240. The zero-order valence-corrected chi connectivity index (χ0v) is 21.4. The van der Waals surface area contributed by atoms with Crippen LogP contribution in [0.25, 0.3) is 22.4 Å². The van der Waals surface area contributed by atoms with Gasteiger partial charge in [-0.05, 0) is 29.3 Å². The summed E-state index contributed by atoms with van der Waals surface area (Å²) in [5.41, 5.74) is -0.000979. The molecular formula is C25H23F4N7O4. The maximum Gasteiger partial charge on any atom is 0.434 e. The fourth-order valence-electron chi connectivity index (χ4n) is 4.10. The number of carboxylic acid groups (broad SMARTS) is 1. The van der Waals surface area contributed by atoms with Crippen LogP contribution >= 0.6 is 0 Å². The predicted octanol–water partition coefficient (Wildman–Crippen LogP) is 4.29. The average Bonchev–Trinajstić information content (AvgIpc) is 3.31. The van der Waals surface area contributed by atoms with Crippen molar-refractivity contribution in [3.63, 3.8) is 0 Å². The number of nitrogens with one attached hydrogen (secondary N) is 3. The molecule has 0 saturated carbocycles. The number of ether oxygens (including phenoxy) is 1. The first-order valence-electron chi connectivity index (χ1n) is 11.7. The molecule has 0 aliphatic rings. The van der Waals surface area contributed by atoms with Crippen LogP contribution in [-0.2, 0) is 13.0 Å². The van der Waals surface area contributed by atoms with E-state index in [0.29, 0.717) is 4.68 Å². The summed E-state index contributed by atoms with van der Waals surface area (Å²) >= 11 is 0. The lowest BCUT2D eigenvalue weighted by Gasteiger charge is -2.16. The smallest absolute Gasteiger partial charge is 0.434 e. The van der Waals surface area contributed by atoms with Crippen molar-refractivity contribution in [1.29, 1.82) is 0 Å². The Bertz CT molecular complexity index is 1600. The van der Waals surface area contributed by atoms with E-state index in [1.54, 1.807) is 31.3 Å². The molecule has 4 N–H and O–H groups in total. The number of aromatic nitrogens is 4. The van der Waals surface area contributed by atoms with Crippen molar-refractivity contribution < 1.29 is 37.0 Å². The van der Waals surface area contributed by atoms with Crippen molar-refractivity contribution >= 4 is 34.5 Å². The summed E-state index contributed by atoms with van der Waals surface area (Å²) in [6, 6.07) is 8.84. The van der Waals surface area contributed by atoms with Gasteiger partial charge in [-0.15, -0.1) is 4.68 Å². The lowest BCUT2D eigenvalue weighted by Crippen LogP contribution is -2.20. The molecule has 11 nitrogen and oxygen atoms in total. The van der Waals surface area contributed by atoms with Gasteiger partial charge < -0.3 is 25.8 Å². The van der Waals surface area contributed by atoms with Gasteiger partial charge in [0.15, 0.2) is 28.7 Å². The van der Waals surface area contributed by atoms with E-state index in [9.17, 15) is 32.3 Å². The van der Waals surface area contributed by atoms with Crippen LogP contribution in [0.3, 0.4) is 0 Å². The second-order valence-corrected chi connectivity index (χ2v) is 8.41. The highest BCUT2D eigenvalue weighted by Crippen LogP contribution is 2.35. The van der Waals surface area contributed by atoms with Crippen LogP contribution in [0.15, 0.2) is 36.4 Å². The number of nitrogens with zero attached hydrogens (tertiary/aromatic N) is 4. The molecule has 0 bridgehead atoms. The summed E-state index contributed by atoms with van der Waals surface area (Å²) in [7, 11) is 4.12. The van der Waals surface area contributed by atoms with E-state index in [4.69, 9.17) is 4.74 Å². The third kappa shape index (κ3) is 5.57. The summed E-state index contributed by atoms with van der Waals surface area (Å²) in [6.45, 7) is 0.0976. The highest BCUT2D eigenvalue weighted by molar-refractivity contribution is 6.09. The zero-order chi connectivity index (χ0) is 29.2. The first kappa shape index (κ1) is 28.1. The summed E-state index contributed by atoms with van der Waals surface area (Å²) in [5.74, 6) is -2.70. The van der Waals surface area contributed by atoms with Gasteiger partial charge in [-0.3, -0.25) is 4.79 Å². The highest BCUT2D eigenvalue weighted by Gasteiger charge is 2.32. The third-order valence-corrected chi connectivity index (χ3v) is 5.89. The van der Waals surface area contributed by atoms with Gasteiger partial charge >= 0.3 is 12.3 Å². The largest absolute Gasteiger partial charge is 0.494 e. The van der Waals surface area contributed by atoms with Crippen molar-refractivity contribution in [3.05, 3.63) is 59.0 Å². The van der Waals surface area contributed by atoms with Crippen LogP contribution < -0.4 is 20.7 Å². The van der Waals surface area contributed by atoms with Crippen molar-refractivity contribution in [2.75, 3.05) is 31.8 Å². The number of methoxy groups -OCH3 is 1. The Labute approximate surface area is 224 Å². The van der Waals surface area contributed by atoms with Gasteiger partial charge in [0.1, 0.15) is 5.82 Å². The number of fused-ring (bicyclic) bond motifs is 1. The molecule has 40 heavy (non-hydrogen) atoms. The number of hydrogen-bond acceptors (Lipinski definition) is 8. The quantitative estimate of drug-likeness (QED) is 0.232. The molecule has 1 amide bonds. The van der Waals surface area contributed by atoms with Crippen LogP contribution in [0.4, 0.5) is 33.9 Å². The van der Waals surface area contributed by atoms with Crippen LogP contribution in [0.2, 0.25) is 0 Å². The van der Waals surface area contributed by atoms with Crippen molar-refractivity contribution in [2.24, 2.45) is 0 Å². The van der Waals surface area contributed by atoms with E-state index in [2.05, 4.69) is 31.0 Å². The molecule has 0 aliphatic heterocycles. The average molecular weight is 561 g/mol. The molecule has 0 unspecified atom stereocenters. The van der Waals surface area contributed by atoms with Gasteiger partial charge in [-0.1, -0.05) is 18.2 Å². The van der Waals surface area contributed by atoms with Crippen LogP contribution in [-0.4, -0.2) is 64.2 Å². The van der Waals surface area contributed by atoms with E-state index in [1.807, 2.05) is 0 Å². The SMILES string of the molecule is CNC(=O)c1nn(C(=O)O)c2nc(-c3cc(F)c(OC)cc3CC(F)(F)F)nc(NCc3ccccc3NC)c12. The van der Waals surface area contributed by atoms with E-state index in [0.717, 1.165) is 30.5 Å². The Morgan fingerprint density at radius 2 is 1.82 bits per heavy atom. The van der Waals surface area contributed by atoms with E-state index in [1.165, 1.54) is 7.05 Å². The maximum absolute atomic E-state index is 14.7. The van der Waals surface area contributed by atoms with Gasteiger partial charge in [0.2, 0.25) is 0 Å². The lowest BCUT2D eigenvalue weighted by molar-refractivity contribution is -0.127. The molecule has 4 aromatic rings. The van der Waals surface area contributed by atoms with Gasteiger partial charge in [-0.25, -0.2) is 19.2 Å². The Morgan fingerprint density at radius 1 is 1.10 bits per heavy atom. The summed E-state index contributed by atoms with van der Waals surface area (Å²) in [6.07, 6.45) is -7.78. The molecule has 15 heteroatoms. The van der Waals surface area contributed by atoms with Gasteiger partial charge in [-0.2, -0.15) is 18.3 Å². The molecule has 0 fully saturated rings. The van der Waals surface area contributed by atoms with Gasteiger partial charge in [0, 0.05) is 31.9 Å². The van der Waals surface area contributed by atoms with Crippen molar-refractivity contribution in [1.82, 2.24) is 25.1 Å². The summed E-state index contributed by atoms with van der Waals surface area (Å²) in [5, 5.41) is 21.9. The molecule has 2 heterocycles. The first-order chi connectivity index (χ1) is 19.0. The molecule has 210 valence electrons. The molecule has 0 radical (unpaired) electrons. The Balaban J connectivity index is 2.00. The molecule has 2 aromatic heterocycles. The number of halogens is 4. The number of anilines is 2. The number of rotatable bonds is 8. The number of amides is 1. The predicted molar refractivity (Wildman–Crippen MR) is 137 cm³/mol. The molecule has 0 spiro atoms. The van der Waals surface area contributed by atoms with E-state index >= 15 is 0 Å². The summed E-state index contributed by atoms with van der Waals surface area (Å²) < 4.78 is 60.4. The highest BCUT2D eigenvalue weighted by atomic mass is 19.4. The van der Waals surface area contributed by atoms with E-state index < -0.39 is 53.2 Å².